The van der Waals surface area contributed by atoms with Crippen LogP contribution in [0.1, 0.15) is 68.3 Å². The molecule has 0 radical (unpaired) electrons. The summed E-state index contributed by atoms with van der Waals surface area (Å²) in [5, 5.41) is 9.26. The van der Waals surface area contributed by atoms with Gasteiger partial charge in [-0.05, 0) is 30.4 Å². The Morgan fingerprint density at radius 2 is 2.00 bits per heavy atom. The highest BCUT2D eigenvalue weighted by molar-refractivity contribution is 7.89. The first-order valence-electron chi connectivity index (χ1n) is 8.11. The third kappa shape index (κ3) is 2.44. The van der Waals surface area contributed by atoms with Crippen LogP contribution in [0.5, 0.6) is 0 Å². The molecule has 2 heterocycles. The van der Waals surface area contributed by atoms with Gasteiger partial charge in [0, 0.05) is 23.7 Å². The van der Waals surface area contributed by atoms with E-state index in [0.29, 0.717) is 11.8 Å². The van der Waals surface area contributed by atoms with Crippen molar-refractivity contribution in [3.05, 3.63) is 35.7 Å². The predicted octanol–water partition coefficient (Wildman–Crippen LogP) is 2.29. The highest BCUT2D eigenvalue weighted by Crippen LogP contribution is 2.69. The Morgan fingerprint density at radius 1 is 1.25 bits per heavy atom. The molecule has 8 heteroatoms. The van der Waals surface area contributed by atoms with E-state index >= 15 is 0 Å². The van der Waals surface area contributed by atoms with Crippen molar-refractivity contribution < 1.29 is 12.9 Å². The van der Waals surface area contributed by atoms with Crippen molar-refractivity contribution in [1.29, 1.82) is 0 Å². The summed E-state index contributed by atoms with van der Waals surface area (Å²) in [6.07, 6.45) is 4.80. The van der Waals surface area contributed by atoms with E-state index in [2.05, 4.69) is 29.0 Å². The van der Waals surface area contributed by atoms with Crippen LogP contribution in [0.25, 0.3) is 0 Å². The monoisotopic (exact) mass is 348 g/mol. The van der Waals surface area contributed by atoms with Gasteiger partial charge in [-0.25, -0.2) is 13.6 Å². The molecule has 24 heavy (non-hydrogen) atoms. The zero-order chi connectivity index (χ0) is 17.1. The van der Waals surface area contributed by atoms with Crippen LogP contribution in [-0.4, -0.2) is 23.5 Å². The fourth-order valence-corrected chi connectivity index (χ4v) is 4.06. The van der Waals surface area contributed by atoms with Crippen molar-refractivity contribution in [1.82, 2.24) is 15.1 Å². The number of nitrogens with zero attached hydrogens (tertiary/aromatic N) is 3. The number of pyridine rings is 1. The molecule has 4 rings (SSSR count). The van der Waals surface area contributed by atoms with Gasteiger partial charge in [-0.3, -0.25) is 4.98 Å². The van der Waals surface area contributed by atoms with Crippen molar-refractivity contribution in [3.8, 4) is 0 Å². The maximum Gasteiger partial charge on any atom is 0.239 e. The topological polar surface area (TPSA) is 112 Å². The second kappa shape index (κ2) is 5.10. The summed E-state index contributed by atoms with van der Waals surface area (Å²) in [5.41, 5.74) is 0.764. The Bertz CT molecular complexity index is 869. The third-order valence-corrected chi connectivity index (χ3v) is 6.33. The zero-order valence-electron chi connectivity index (χ0n) is 13.6. The number of rotatable bonds is 4. The fraction of sp³-hybridized carbons (Fsp3) is 0.562. The Morgan fingerprint density at radius 3 is 2.54 bits per heavy atom. The molecule has 0 spiro atoms. The molecule has 0 saturated heterocycles. The smallest absolute Gasteiger partial charge is 0.239 e. The van der Waals surface area contributed by atoms with E-state index < -0.39 is 10.0 Å². The minimum atomic E-state index is -3.73. The van der Waals surface area contributed by atoms with Crippen molar-refractivity contribution in [2.75, 3.05) is 0 Å². The molecule has 0 aromatic carbocycles. The molecule has 0 unspecified atom stereocenters. The van der Waals surface area contributed by atoms with Crippen molar-refractivity contribution in [2.45, 2.75) is 55.8 Å². The summed E-state index contributed by atoms with van der Waals surface area (Å²) < 4.78 is 28.2. The third-order valence-electron chi connectivity index (χ3n) is 5.43. The SMILES string of the molecule is CC1(C)[C@@H](c2ccc(S(N)(=O)=O)cn2)[C@@H]1c1nc(C2CCC2)no1. The number of nitrogens with two attached hydrogens (primary N) is 1. The van der Waals surface area contributed by atoms with Crippen LogP contribution in [0.3, 0.4) is 0 Å². The van der Waals surface area contributed by atoms with Gasteiger partial charge in [0.1, 0.15) is 4.90 Å². The molecule has 2 fully saturated rings. The van der Waals surface area contributed by atoms with Gasteiger partial charge in [-0.1, -0.05) is 25.4 Å². The molecule has 2 aromatic heterocycles. The quantitative estimate of drug-likeness (QED) is 0.907. The second-order valence-electron chi connectivity index (χ2n) is 7.36. The van der Waals surface area contributed by atoms with Crippen LogP contribution in [0, 0.1) is 5.41 Å². The van der Waals surface area contributed by atoms with E-state index in [9.17, 15) is 8.42 Å². The van der Waals surface area contributed by atoms with Gasteiger partial charge in [0.05, 0.1) is 5.92 Å². The second-order valence-corrected chi connectivity index (χ2v) is 8.92. The molecular formula is C16H20N4O3S. The molecule has 2 atom stereocenters. The fourth-order valence-electron chi connectivity index (χ4n) is 3.60. The Labute approximate surface area is 140 Å². The van der Waals surface area contributed by atoms with Crippen LogP contribution in [-0.2, 0) is 10.0 Å². The number of hydrogen-bond donors (Lipinski definition) is 1. The molecule has 7 nitrogen and oxygen atoms in total. The first kappa shape index (κ1) is 15.7. The summed E-state index contributed by atoms with van der Waals surface area (Å²) in [6.45, 7) is 4.26. The van der Waals surface area contributed by atoms with Crippen molar-refractivity contribution in [2.24, 2.45) is 10.6 Å². The number of sulfonamides is 1. The van der Waals surface area contributed by atoms with Gasteiger partial charge < -0.3 is 4.52 Å². The van der Waals surface area contributed by atoms with Crippen LogP contribution in [0.4, 0.5) is 0 Å². The van der Waals surface area contributed by atoms with Gasteiger partial charge in [0.25, 0.3) is 0 Å². The number of aromatic nitrogens is 3. The van der Waals surface area contributed by atoms with Gasteiger partial charge in [0.15, 0.2) is 5.82 Å². The summed E-state index contributed by atoms with van der Waals surface area (Å²) in [6, 6.07) is 3.21. The highest BCUT2D eigenvalue weighted by Gasteiger charge is 2.62. The van der Waals surface area contributed by atoms with Crippen molar-refractivity contribution in [3.63, 3.8) is 0 Å². The Kier molecular flexibility index (Phi) is 3.34. The van der Waals surface area contributed by atoms with Crippen molar-refractivity contribution >= 4 is 10.0 Å². The lowest BCUT2D eigenvalue weighted by molar-refractivity contribution is 0.342. The number of primary sulfonamides is 1. The lowest BCUT2D eigenvalue weighted by atomic mass is 9.85. The molecule has 2 N–H and O–H groups in total. The van der Waals surface area contributed by atoms with E-state index in [4.69, 9.17) is 9.66 Å². The minimum absolute atomic E-state index is 0.0197. The molecule has 2 saturated carbocycles. The highest BCUT2D eigenvalue weighted by atomic mass is 32.2. The normalized spacial score (nSPS) is 26.1. The lowest BCUT2D eigenvalue weighted by Gasteiger charge is -2.20. The van der Waals surface area contributed by atoms with Crippen LogP contribution in [0.15, 0.2) is 27.7 Å². The first-order valence-corrected chi connectivity index (χ1v) is 9.65. The van der Waals surface area contributed by atoms with Gasteiger partial charge >= 0.3 is 0 Å². The average molecular weight is 348 g/mol. The van der Waals surface area contributed by atoms with E-state index in [1.807, 2.05) is 0 Å². The maximum atomic E-state index is 11.3. The van der Waals surface area contributed by atoms with Gasteiger partial charge in [-0.2, -0.15) is 4.98 Å². The molecule has 0 amide bonds. The Balaban J connectivity index is 1.58. The molecule has 128 valence electrons. The summed E-state index contributed by atoms with van der Waals surface area (Å²) in [7, 11) is -3.73. The Hall–Kier alpha value is -1.80. The molecular weight excluding hydrogens is 328 g/mol. The summed E-state index contributed by atoms with van der Waals surface area (Å²) in [5.74, 6) is 2.14. The standard InChI is InChI=1S/C16H20N4O3S/c1-16(2)12(11-7-6-10(8-18-11)24(17,21)22)13(16)15-19-14(20-23-15)9-4-3-5-9/h6-9,12-13H,3-5H2,1-2H3,(H2,17,21,22)/t12-,13+/m0/s1. The molecule has 2 aliphatic carbocycles. The van der Waals surface area contributed by atoms with E-state index in [-0.39, 0.29) is 22.1 Å². The summed E-state index contributed by atoms with van der Waals surface area (Å²) >= 11 is 0. The van der Waals surface area contributed by atoms with Crippen LogP contribution in [0.2, 0.25) is 0 Å². The van der Waals surface area contributed by atoms with Gasteiger partial charge in [0.2, 0.25) is 15.9 Å². The van der Waals surface area contributed by atoms with E-state index in [1.54, 1.807) is 6.07 Å². The predicted molar refractivity (Wildman–Crippen MR) is 85.8 cm³/mol. The first-order chi connectivity index (χ1) is 11.3. The molecule has 0 bridgehead atoms. The minimum Gasteiger partial charge on any atom is -0.339 e. The zero-order valence-corrected chi connectivity index (χ0v) is 14.5. The largest absolute Gasteiger partial charge is 0.339 e. The molecule has 0 aliphatic heterocycles. The lowest BCUT2D eigenvalue weighted by Crippen LogP contribution is -2.12. The van der Waals surface area contributed by atoms with Crippen LogP contribution < -0.4 is 5.14 Å². The van der Waals surface area contributed by atoms with E-state index in [0.717, 1.165) is 24.4 Å². The summed E-state index contributed by atoms with van der Waals surface area (Å²) in [4.78, 5) is 8.92. The van der Waals surface area contributed by atoms with Crippen LogP contribution >= 0.6 is 0 Å². The molecule has 2 aromatic rings. The molecule has 2 aliphatic rings. The maximum absolute atomic E-state index is 11.3. The number of hydrogen-bond acceptors (Lipinski definition) is 6. The van der Waals surface area contributed by atoms with E-state index in [1.165, 1.54) is 18.7 Å². The average Bonchev–Trinajstić information content (AvgIpc) is 2.79. The van der Waals surface area contributed by atoms with Gasteiger partial charge in [-0.15, -0.1) is 0 Å².